The molecule has 9 nitrogen and oxygen atoms in total. The lowest BCUT2D eigenvalue weighted by molar-refractivity contribution is 0.0697. The Kier molecular flexibility index (Phi) is 7.73. The van der Waals surface area contributed by atoms with E-state index in [2.05, 4.69) is 23.8 Å². The lowest BCUT2D eigenvalue weighted by atomic mass is 9.87. The van der Waals surface area contributed by atoms with E-state index in [0.29, 0.717) is 35.8 Å². The van der Waals surface area contributed by atoms with Gasteiger partial charge in [0.1, 0.15) is 29.8 Å². The van der Waals surface area contributed by atoms with Crippen LogP contribution < -0.4 is 9.47 Å². The second-order valence-corrected chi connectivity index (χ2v) is 11.4. The van der Waals surface area contributed by atoms with Crippen molar-refractivity contribution in [2.75, 3.05) is 20.3 Å². The highest BCUT2D eigenvalue weighted by Gasteiger charge is 2.39. The van der Waals surface area contributed by atoms with Gasteiger partial charge in [0, 0.05) is 35.2 Å². The fourth-order valence-electron chi connectivity index (χ4n) is 5.53. The van der Waals surface area contributed by atoms with E-state index in [-0.39, 0.29) is 52.7 Å². The Balaban J connectivity index is 1.31. The summed E-state index contributed by atoms with van der Waals surface area (Å²) < 4.78 is 50.0. The molecule has 6 rings (SSSR count). The molecule has 1 aliphatic rings. The minimum Gasteiger partial charge on any atom is -0.495 e. The lowest BCUT2D eigenvalue weighted by Gasteiger charge is -2.28. The first-order chi connectivity index (χ1) is 21.1. The summed E-state index contributed by atoms with van der Waals surface area (Å²) in [6.07, 6.45) is 3.18. The molecule has 1 atom stereocenters. The number of aromatic nitrogens is 4. The molecule has 0 bridgehead atoms. The number of carbonyl (C=O) groups is 1. The zero-order chi connectivity index (χ0) is 31.0. The standard InChI is InChI=1S/C33H30F2N4O5/c1-33(2)18-43-17-29(33)39-27-12-19(32(40)41)7-8-26(27)37-30(39)13-21-11-24(35)22(14-23(21)34)25-5-4-6-31(38-25)44-16-20-9-10-36-15-28(20)42-3/h4-12,14-15,29H,13,16-18H2,1-3H3,(H,40,41)/t29-/m1/s1. The highest BCUT2D eigenvalue weighted by Crippen LogP contribution is 2.40. The van der Waals surface area contributed by atoms with Gasteiger partial charge in [-0.25, -0.2) is 23.5 Å². The molecule has 0 amide bonds. The van der Waals surface area contributed by atoms with Crippen LogP contribution in [0.15, 0.2) is 67.0 Å². The van der Waals surface area contributed by atoms with Crippen molar-refractivity contribution in [1.29, 1.82) is 0 Å². The van der Waals surface area contributed by atoms with Crippen LogP contribution in [0.5, 0.6) is 11.6 Å². The van der Waals surface area contributed by atoms with E-state index in [4.69, 9.17) is 19.2 Å². The Hall–Kier alpha value is -4.90. The number of rotatable bonds is 9. The average molecular weight is 601 g/mol. The van der Waals surface area contributed by atoms with Gasteiger partial charge in [0.2, 0.25) is 5.88 Å². The molecule has 2 aromatic carbocycles. The van der Waals surface area contributed by atoms with E-state index < -0.39 is 17.6 Å². The van der Waals surface area contributed by atoms with Crippen LogP contribution in [0.4, 0.5) is 8.78 Å². The topological polar surface area (TPSA) is 109 Å². The SMILES string of the molecule is COc1cnccc1COc1cccc(-c2cc(F)c(Cc3nc4ccc(C(=O)O)cc4n3[C@@H]3COCC3(C)C)cc2F)n1. The zero-order valence-corrected chi connectivity index (χ0v) is 24.4. The molecule has 5 aromatic rings. The number of benzene rings is 2. The van der Waals surface area contributed by atoms with Crippen LogP contribution in [0.3, 0.4) is 0 Å². The number of hydrogen-bond donors (Lipinski definition) is 1. The first-order valence-electron chi connectivity index (χ1n) is 14.0. The van der Waals surface area contributed by atoms with Crippen molar-refractivity contribution in [3.05, 3.63) is 101 Å². The number of ether oxygens (including phenoxy) is 3. The van der Waals surface area contributed by atoms with Crippen molar-refractivity contribution in [3.8, 4) is 22.9 Å². The van der Waals surface area contributed by atoms with Gasteiger partial charge in [0.05, 0.1) is 54.9 Å². The van der Waals surface area contributed by atoms with Crippen LogP contribution in [0.1, 0.15) is 47.2 Å². The summed E-state index contributed by atoms with van der Waals surface area (Å²) in [5.74, 6) is -1.05. The number of carboxylic acids is 1. The number of carboxylic acid groups (broad SMARTS) is 1. The third-order valence-electron chi connectivity index (χ3n) is 7.92. The van der Waals surface area contributed by atoms with Gasteiger partial charge in [-0.05, 0) is 48.0 Å². The first-order valence-corrected chi connectivity index (χ1v) is 14.0. The molecule has 1 fully saturated rings. The summed E-state index contributed by atoms with van der Waals surface area (Å²) in [5.41, 5.74) is 2.05. The van der Waals surface area contributed by atoms with Gasteiger partial charge in [-0.1, -0.05) is 19.9 Å². The van der Waals surface area contributed by atoms with Crippen LogP contribution in [0, 0.1) is 17.0 Å². The predicted molar refractivity (Wildman–Crippen MR) is 158 cm³/mol. The minimum absolute atomic E-state index is 0.0110. The van der Waals surface area contributed by atoms with Crippen LogP contribution >= 0.6 is 0 Å². The van der Waals surface area contributed by atoms with Crippen LogP contribution in [-0.2, 0) is 17.8 Å². The monoisotopic (exact) mass is 600 g/mol. The van der Waals surface area contributed by atoms with Gasteiger partial charge in [0.25, 0.3) is 0 Å². The van der Waals surface area contributed by atoms with Crippen molar-refractivity contribution < 1.29 is 32.9 Å². The third-order valence-corrected chi connectivity index (χ3v) is 7.92. The molecule has 11 heteroatoms. The van der Waals surface area contributed by atoms with E-state index in [9.17, 15) is 9.90 Å². The molecule has 0 aliphatic carbocycles. The fraction of sp³-hybridized carbons (Fsp3) is 0.273. The Bertz CT molecular complexity index is 1870. The molecule has 226 valence electrons. The molecule has 0 unspecified atom stereocenters. The van der Waals surface area contributed by atoms with Gasteiger partial charge in [-0.15, -0.1) is 0 Å². The summed E-state index contributed by atoms with van der Waals surface area (Å²) in [7, 11) is 1.54. The molecule has 0 radical (unpaired) electrons. The number of halogens is 2. The number of pyridine rings is 2. The van der Waals surface area contributed by atoms with Crippen LogP contribution in [0.2, 0.25) is 0 Å². The smallest absolute Gasteiger partial charge is 0.335 e. The fourth-order valence-corrected chi connectivity index (χ4v) is 5.53. The molecule has 44 heavy (non-hydrogen) atoms. The third kappa shape index (κ3) is 5.58. The van der Waals surface area contributed by atoms with E-state index in [1.54, 1.807) is 48.8 Å². The maximum Gasteiger partial charge on any atom is 0.335 e. The van der Waals surface area contributed by atoms with Crippen LogP contribution in [0.25, 0.3) is 22.3 Å². The molecule has 1 saturated heterocycles. The molecular formula is C33H30F2N4O5. The molecule has 4 heterocycles. The number of aromatic carboxylic acids is 1. The summed E-state index contributed by atoms with van der Waals surface area (Å²) in [5, 5.41) is 9.59. The summed E-state index contributed by atoms with van der Waals surface area (Å²) in [4.78, 5) is 24.9. The minimum atomic E-state index is -1.06. The Morgan fingerprint density at radius 3 is 2.68 bits per heavy atom. The molecule has 0 saturated carbocycles. The molecule has 1 N–H and O–H groups in total. The van der Waals surface area contributed by atoms with Crippen molar-refractivity contribution in [1.82, 2.24) is 19.5 Å². The number of hydrogen-bond acceptors (Lipinski definition) is 7. The lowest BCUT2D eigenvalue weighted by Crippen LogP contribution is -2.27. The molecule has 3 aromatic heterocycles. The van der Waals surface area contributed by atoms with Crippen molar-refractivity contribution in [2.45, 2.75) is 32.9 Å². The van der Waals surface area contributed by atoms with Gasteiger partial charge in [0.15, 0.2) is 0 Å². The summed E-state index contributed by atoms with van der Waals surface area (Å²) in [6.45, 7) is 5.13. The second-order valence-electron chi connectivity index (χ2n) is 11.4. The summed E-state index contributed by atoms with van der Waals surface area (Å²) >= 11 is 0. The number of imidazole rings is 1. The van der Waals surface area contributed by atoms with Gasteiger partial charge >= 0.3 is 5.97 Å². The highest BCUT2D eigenvalue weighted by molar-refractivity contribution is 5.92. The molecule has 1 aliphatic heterocycles. The number of fused-ring (bicyclic) bond motifs is 1. The average Bonchev–Trinajstić information content (AvgIpc) is 3.54. The Morgan fingerprint density at radius 2 is 1.93 bits per heavy atom. The molecule has 0 spiro atoms. The maximum absolute atomic E-state index is 15.7. The van der Waals surface area contributed by atoms with E-state index in [0.717, 1.165) is 17.7 Å². The number of methoxy groups -OCH3 is 1. The predicted octanol–water partition coefficient (Wildman–Crippen LogP) is 6.25. The van der Waals surface area contributed by atoms with Crippen molar-refractivity contribution in [3.63, 3.8) is 0 Å². The van der Waals surface area contributed by atoms with E-state index >= 15 is 8.78 Å². The Labute approximate surface area is 252 Å². The second kappa shape index (κ2) is 11.6. The van der Waals surface area contributed by atoms with E-state index in [1.807, 2.05) is 4.57 Å². The first kappa shape index (κ1) is 29.2. The maximum atomic E-state index is 15.7. The van der Waals surface area contributed by atoms with Crippen molar-refractivity contribution in [2.24, 2.45) is 5.41 Å². The normalized spacial score (nSPS) is 15.9. The highest BCUT2D eigenvalue weighted by atomic mass is 19.1. The van der Waals surface area contributed by atoms with Gasteiger partial charge in [-0.2, -0.15) is 0 Å². The van der Waals surface area contributed by atoms with Crippen molar-refractivity contribution >= 4 is 17.0 Å². The summed E-state index contributed by atoms with van der Waals surface area (Å²) in [6, 6.07) is 13.4. The number of nitrogens with zero attached hydrogens (tertiary/aromatic N) is 4. The van der Waals surface area contributed by atoms with E-state index in [1.165, 1.54) is 13.2 Å². The molecular weight excluding hydrogens is 570 g/mol. The largest absolute Gasteiger partial charge is 0.495 e. The van der Waals surface area contributed by atoms with Crippen LogP contribution in [-0.4, -0.2) is 50.9 Å². The Morgan fingerprint density at radius 1 is 1.09 bits per heavy atom. The quantitative estimate of drug-likeness (QED) is 0.212. The zero-order valence-electron chi connectivity index (χ0n) is 24.4. The van der Waals surface area contributed by atoms with Gasteiger partial charge < -0.3 is 23.9 Å². The van der Waals surface area contributed by atoms with Gasteiger partial charge in [-0.3, -0.25) is 4.98 Å².